The molecule has 8 heteroatoms. The molecule has 31 heavy (non-hydrogen) atoms. The molecule has 2 aromatic heterocycles. The highest BCUT2D eigenvalue weighted by molar-refractivity contribution is 5.98. The van der Waals surface area contributed by atoms with Crippen LogP contribution < -0.4 is 0 Å². The van der Waals surface area contributed by atoms with E-state index in [1.165, 1.54) is 0 Å². The number of ether oxygens (including phenoxy) is 1. The van der Waals surface area contributed by atoms with Crippen LogP contribution in [0.15, 0.2) is 34.9 Å². The highest BCUT2D eigenvalue weighted by Crippen LogP contribution is 2.26. The number of nitrogens with zero attached hydrogens (tertiary/aromatic N) is 4. The number of fused-ring (bicyclic) bond motifs is 1. The second-order valence-corrected chi connectivity index (χ2v) is 8.96. The Morgan fingerprint density at radius 1 is 1.19 bits per heavy atom. The van der Waals surface area contributed by atoms with E-state index in [4.69, 9.17) is 9.15 Å². The van der Waals surface area contributed by atoms with Crippen molar-refractivity contribution in [1.82, 2.24) is 19.4 Å². The lowest BCUT2D eigenvalue weighted by Gasteiger charge is -2.32. The number of amides is 1. The molecule has 0 aliphatic carbocycles. The molecule has 8 nitrogen and oxygen atoms in total. The Hall–Kier alpha value is -3.16. The second kappa shape index (κ2) is 8.17. The number of hydrogen-bond acceptors (Lipinski definition) is 6. The zero-order chi connectivity index (χ0) is 22.2. The number of rotatable bonds is 4. The van der Waals surface area contributed by atoms with E-state index in [9.17, 15) is 9.59 Å². The van der Waals surface area contributed by atoms with Crippen LogP contribution in [0.25, 0.3) is 11.0 Å². The van der Waals surface area contributed by atoms with Crippen LogP contribution >= 0.6 is 0 Å². The van der Waals surface area contributed by atoms with Crippen LogP contribution in [0.4, 0.5) is 4.79 Å². The van der Waals surface area contributed by atoms with E-state index in [-0.39, 0.29) is 17.8 Å². The smallest absolute Gasteiger partial charge is 0.410 e. The van der Waals surface area contributed by atoms with Gasteiger partial charge in [-0.1, -0.05) is 12.1 Å². The summed E-state index contributed by atoms with van der Waals surface area (Å²) in [6, 6.07) is 7.69. The third-order valence-corrected chi connectivity index (χ3v) is 5.38. The maximum absolute atomic E-state index is 13.4. The van der Waals surface area contributed by atoms with Gasteiger partial charge in [0.1, 0.15) is 11.4 Å². The summed E-state index contributed by atoms with van der Waals surface area (Å²) in [5.74, 6) is 1.49. The number of oxazole rings is 1. The van der Waals surface area contributed by atoms with Crippen molar-refractivity contribution >= 4 is 22.9 Å². The Morgan fingerprint density at radius 2 is 1.90 bits per heavy atom. The number of piperidine rings is 1. The zero-order valence-electron chi connectivity index (χ0n) is 18.4. The van der Waals surface area contributed by atoms with Gasteiger partial charge in [-0.3, -0.25) is 4.79 Å². The molecule has 164 valence electrons. The average Bonchev–Trinajstić information content (AvgIpc) is 3.30. The molecule has 3 heterocycles. The van der Waals surface area contributed by atoms with Gasteiger partial charge < -0.3 is 18.6 Å². The van der Waals surface area contributed by atoms with Gasteiger partial charge in [-0.2, -0.15) is 0 Å². The van der Waals surface area contributed by atoms with Crippen molar-refractivity contribution in [3.8, 4) is 0 Å². The van der Waals surface area contributed by atoms with E-state index in [1.807, 2.05) is 49.6 Å². The first kappa shape index (κ1) is 21.1. The summed E-state index contributed by atoms with van der Waals surface area (Å²) in [6.07, 6.45) is 2.52. The quantitative estimate of drug-likeness (QED) is 0.583. The van der Waals surface area contributed by atoms with Crippen molar-refractivity contribution in [3.63, 3.8) is 0 Å². The molecule has 0 radical (unpaired) electrons. The fraction of sp³-hybridized carbons (Fsp3) is 0.478. The number of aromatic nitrogens is 3. The second-order valence-electron chi connectivity index (χ2n) is 8.96. The maximum atomic E-state index is 13.4. The van der Waals surface area contributed by atoms with Crippen molar-refractivity contribution < 1.29 is 18.7 Å². The van der Waals surface area contributed by atoms with E-state index in [0.717, 1.165) is 11.0 Å². The van der Waals surface area contributed by atoms with Crippen LogP contribution in [0.5, 0.6) is 0 Å². The van der Waals surface area contributed by atoms with Gasteiger partial charge in [-0.25, -0.2) is 14.8 Å². The first-order valence-corrected chi connectivity index (χ1v) is 10.6. The molecular formula is C23H28N4O4. The summed E-state index contributed by atoms with van der Waals surface area (Å²) in [5, 5.41) is 0. The lowest BCUT2D eigenvalue weighted by atomic mass is 9.92. The highest BCUT2D eigenvalue weighted by Gasteiger charge is 2.32. The Kier molecular flexibility index (Phi) is 5.56. The molecule has 0 atom stereocenters. The van der Waals surface area contributed by atoms with Crippen molar-refractivity contribution in [2.45, 2.75) is 52.7 Å². The van der Waals surface area contributed by atoms with Gasteiger partial charge in [0.25, 0.3) is 0 Å². The Morgan fingerprint density at radius 3 is 2.55 bits per heavy atom. The number of ketones is 1. The Bertz CT molecular complexity index is 1100. The lowest BCUT2D eigenvalue weighted by molar-refractivity contribution is 0.0181. The Balaban J connectivity index is 1.53. The van der Waals surface area contributed by atoms with Gasteiger partial charge >= 0.3 is 6.09 Å². The van der Waals surface area contributed by atoms with E-state index in [2.05, 4.69) is 9.97 Å². The predicted molar refractivity (Wildman–Crippen MR) is 115 cm³/mol. The van der Waals surface area contributed by atoms with Crippen molar-refractivity contribution in [2.75, 3.05) is 13.1 Å². The number of para-hydroxylation sites is 2. The largest absolute Gasteiger partial charge is 0.444 e. The van der Waals surface area contributed by atoms with E-state index >= 15 is 0 Å². The molecular weight excluding hydrogens is 396 g/mol. The molecule has 1 amide bonds. The normalized spacial score (nSPS) is 15.4. The molecule has 1 aliphatic rings. The van der Waals surface area contributed by atoms with Gasteiger partial charge in [0, 0.05) is 25.9 Å². The summed E-state index contributed by atoms with van der Waals surface area (Å²) in [6.45, 7) is 8.71. The molecule has 0 unspecified atom stereocenters. The van der Waals surface area contributed by atoms with E-state index < -0.39 is 5.60 Å². The number of imidazole rings is 1. The van der Waals surface area contributed by atoms with Crippen molar-refractivity contribution in [2.24, 2.45) is 5.92 Å². The van der Waals surface area contributed by atoms with E-state index in [0.29, 0.717) is 50.0 Å². The fourth-order valence-corrected chi connectivity index (χ4v) is 3.89. The number of carbonyl (C=O) groups excluding carboxylic acids is 2. The molecule has 0 N–H and O–H groups in total. The fourth-order valence-electron chi connectivity index (χ4n) is 3.89. The number of Topliss-reactive ketones (excluding diaryl/α,β-unsaturated/α-hetero) is 1. The van der Waals surface area contributed by atoms with Crippen LogP contribution in [-0.4, -0.2) is 50.0 Å². The van der Waals surface area contributed by atoms with Crippen LogP contribution in [0.3, 0.4) is 0 Å². The molecule has 1 saturated heterocycles. The summed E-state index contributed by atoms with van der Waals surface area (Å²) in [5.41, 5.74) is 1.12. The van der Waals surface area contributed by atoms with Gasteiger partial charge in [-0.15, -0.1) is 0 Å². The molecule has 0 saturated carbocycles. The summed E-state index contributed by atoms with van der Waals surface area (Å²) in [7, 11) is 0. The van der Waals surface area contributed by atoms with Crippen LogP contribution in [0.1, 0.15) is 55.9 Å². The SMILES string of the molecule is Cc1ncc(Cn2c(C(=O)C3CCN(C(=O)OC(C)(C)C)CC3)nc3ccccc32)o1. The number of benzene rings is 1. The number of aryl methyl sites for hydroxylation is 1. The molecule has 1 aliphatic heterocycles. The standard InChI is InChI=1S/C23H28N4O4/c1-15-24-13-17(30-15)14-27-19-8-6-5-7-18(19)25-21(27)20(28)16-9-11-26(12-10-16)22(29)31-23(2,3)4/h5-8,13,16H,9-12,14H2,1-4H3. The number of carbonyl (C=O) groups is 2. The molecule has 4 rings (SSSR count). The van der Waals surface area contributed by atoms with Gasteiger partial charge in [-0.05, 0) is 45.7 Å². The molecule has 3 aromatic rings. The number of likely N-dealkylation sites (tertiary alicyclic amines) is 1. The van der Waals surface area contributed by atoms with Gasteiger partial charge in [0.15, 0.2) is 11.7 Å². The minimum absolute atomic E-state index is 0.00345. The Labute approximate surface area is 181 Å². The summed E-state index contributed by atoms with van der Waals surface area (Å²) in [4.78, 5) is 36.2. The molecule has 0 spiro atoms. The maximum Gasteiger partial charge on any atom is 0.410 e. The van der Waals surface area contributed by atoms with Crippen LogP contribution in [0, 0.1) is 12.8 Å². The van der Waals surface area contributed by atoms with Crippen LogP contribution in [0.2, 0.25) is 0 Å². The average molecular weight is 425 g/mol. The summed E-state index contributed by atoms with van der Waals surface area (Å²) >= 11 is 0. The van der Waals surface area contributed by atoms with Crippen molar-refractivity contribution in [3.05, 3.63) is 47.9 Å². The zero-order valence-corrected chi connectivity index (χ0v) is 18.4. The minimum Gasteiger partial charge on any atom is -0.444 e. The lowest BCUT2D eigenvalue weighted by Crippen LogP contribution is -2.43. The van der Waals surface area contributed by atoms with Crippen molar-refractivity contribution in [1.29, 1.82) is 0 Å². The molecule has 0 bridgehead atoms. The molecule has 1 aromatic carbocycles. The van der Waals surface area contributed by atoms with E-state index in [1.54, 1.807) is 18.0 Å². The third-order valence-electron chi connectivity index (χ3n) is 5.38. The monoisotopic (exact) mass is 424 g/mol. The first-order chi connectivity index (χ1) is 14.7. The predicted octanol–water partition coefficient (Wildman–Crippen LogP) is 4.21. The summed E-state index contributed by atoms with van der Waals surface area (Å²) < 4.78 is 13.0. The number of hydrogen-bond donors (Lipinski definition) is 0. The highest BCUT2D eigenvalue weighted by atomic mass is 16.6. The van der Waals surface area contributed by atoms with Crippen LogP contribution in [-0.2, 0) is 11.3 Å². The van der Waals surface area contributed by atoms with Gasteiger partial charge in [0.05, 0.1) is 23.8 Å². The molecule has 1 fully saturated rings. The van der Waals surface area contributed by atoms with Gasteiger partial charge in [0.2, 0.25) is 5.78 Å². The topological polar surface area (TPSA) is 90.5 Å². The minimum atomic E-state index is -0.534. The third kappa shape index (κ3) is 4.62. The first-order valence-electron chi connectivity index (χ1n) is 10.6.